The molecule has 1 N–H and O–H groups in total. The number of H-pyrrole nitrogens is 1. The first-order chi connectivity index (χ1) is 49.6. The second-order valence-electron chi connectivity index (χ2n) is 23.1. The SMILES string of the molecule is Cc1cnc(-c2cc(Cl)c3[nH]ncc3c2)c(-c2cccc(C#N)c2)n1.Cc1cnc(-c2cc(Cl)c3ncccc3c2)c(-c2cccc(C#N)c2F)n1.Cc1cnc(-c2cc(Cl)c3ncsc3c2)c(-c2cccc(C#N)c2)n1.Cc1cnc(-c2ccc3ncccc3c2)c(-c2cccc(C#N)c2)n1. The van der Waals surface area contributed by atoms with Gasteiger partial charge in [-0.2, -0.15) is 26.1 Å². The first-order valence-electron chi connectivity index (χ1n) is 31.2. The van der Waals surface area contributed by atoms with Crippen molar-refractivity contribution in [2.24, 2.45) is 0 Å². The predicted molar refractivity (Wildman–Crippen MR) is 398 cm³/mol. The molecular formula is C80H49Cl3FN17S. The van der Waals surface area contributed by atoms with Crippen molar-refractivity contribution < 1.29 is 4.39 Å². The van der Waals surface area contributed by atoms with Gasteiger partial charge in [0.2, 0.25) is 0 Å². The van der Waals surface area contributed by atoms with Crippen molar-refractivity contribution in [2.75, 3.05) is 0 Å². The molecule has 0 radical (unpaired) electrons. The van der Waals surface area contributed by atoms with Gasteiger partial charge < -0.3 is 0 Å². The molecule has 8 aromatic carbocycles. The quantitative estimate of drug-likeness (QED) is 0.148. The summed E-state index contributed by atoms with van der Waals surface area (Å²) in [4.78, 5) is 49.7. The number of halogens is 4. The molecule has 0 bridgehead atoms. The van der Waals surface area contributed by atoms with Gasteiger partial charge in [-0.15, -0.1) is 11.3 Å². The zero-order valence-electron chi connectivity index (χ0n) is 54.4. The number of nitriles is 4. The lowest BCUT2D eigenvalue weighted by atomic mass is 10.0. The number of nitrogens with zero attached hydrogens (tertiary/aromatic N) is 16. The lowest BCUT2D eigenvalue weighted by molar-refractivity contribution is 0.626. The van der Waals surface area contributed by atoms with Crippen molar-refractivity contribution >= 4 is 89.1 Å². The number of nitrogens with one attached hydrogen (secondary N) is 1. The fourth-order valence-corrected chi connectivity index (χ4v) is 12.9. The van der Waals surface area contributed by atoms with Gasteiger partial charge in [0.25, 0.3) is 0 Å². The largest absolute Gasteiger partial charge is 0.276 e. The molecule has 0 aliphatic heterocycles. The number of fused-ring (bicyclic) bond motifs is 4. The van der Waals surface area contributed by atoms with E-state index < -0.39 is 5.82 Å². The third-order valence-corrected chi connectivity index (χ3v) is 17.6. The Morgan fingerprint density at radius 1 is 0.382 bits per heavy atom. The normalized spacial score (nSPS) is 10.7. The highest BCUT2D eigenvalue weighted by atomic mass is 35.5. The van der Waals surface area contributed by atoms with E-state index in [-0.39, 0.29) is 11.1 Å². The maximum atomic E-state index is 14.8. The molecule has 8 aromatic heterocycles. The molecule has 102 heavy (non-hydrogen) atoms. The van der Waals surface area contributed by atoms with E-state index in [9.17, 15) is 14.9 Å². The molecule has 0 atom stereocenters. The summed E-state index contributed by atoms with van der Waals surface area (Å²) in [5.41, 5.74) is 21.4. The van der Waals surface area contributed by atoms with Crippen LogP contribution in [0, 0.1) is 78.8 Å². The Morgan fingerprint density at radius 3 is 1.40 bits per heavy atom. The highest BCUT2D eigenvalue weighted by Crippen LogP contribution is 2.39. The van der Waals surface area contributed by atoms with E-state index in [1.165, 1.54) is 17.4 Å². The Hall–Kier alpha value is -13.0. The maximum absolute atomic E-state index is 14.8. The second kappa shape index (κ2) is 30.0. The number of thiazole rings is 1. The highest BCUT2D eigenvalue weighted by molar-refractivity contribution is 7.16. The summed E-state index contributed by atoms with van der Waals surface area (Å²) in [6.07, 6.45) is 12.0. The number of aromatic amines is 1. The molecule has 488 valence electrons. The third kappa shape index (κ3) is 14.6. The van der Waals surface area contributed by atoms with Crippen LogP contribution in [0.5, 0.6) is 0 Å². The van der Waals surface area contributed by atoms with Crippen molar-refractivity contribution in [3.8, 4) is 114 Å². The molecule has 22 heteroatoms. The summed E-state index contributed by atoms with van der Waals surface area (Å²) in [5.74, 6) is -0.616. The van der Waals surface area contributed by atoms with E-state index in [0.717, 1.165) is 116 Å². The number of pyridine rings is 2. The summed E-state index contributed by atoms with van der Waals surface area (Å²) >= 11 is 20.7. The van der Waals surface area contributed by atoms with E-state index in [2.05, 4.69) is 89.3 Å². The molecule has 8 heterocycles. The zero-order chi connectivity index (χ0) is 71.0. The van der Waals surface area contributed by atoms with Crippen molar-refractivity contribution in [3.05, 3.63) is 285 Å². The summed E-state index contributed by atoms with van der Waals surface area (Å²) in [6, 6.07) is 60.2. The summed E-state index contributed by atoms with van der Waals surface area (Å²) in [7, 11) is 0. The number of rotatable bonds is 8. The van der Waals surface area contributed by atoms with Crippen molar-refractivity contribution in [1.29, 1.82) is 21.0 Å². The van der Waals surface area contributed by atoms with Crippen molar-refractivity contribution in [1.82, 2.24) is 65.0 Å². The molecule has 17 nitrogen and oxygen atoms in total. The lowest BCUT2D eigenvalue weighted by Gasteiger charge is -2.12. The molecule has 0 saturated heterocycles. The smallest absolute Gasteiger partial charge is 0.150 e. The minimum Gasteiger partial charge on any atom is -0.276 e. The van der Waals surface area contributed by atoms with Crippen LogP contribution in [-0.2, 0) is 0 Å². The lowest BCUT2D eigenvalue weighted by Crippen LogP contribution is -1.99. The second-order valence-corrected chi connectivity index (χ2v) is 25.2. The van der Waals surface area contributed by atoms with E-state index in [1.807, 2.05) is 148 Å². The maximum Gasteiger partial charge on any atom is 0.150 e. The van der Waals surface area contributed by atoms with E-state index in [1.54, 1.807) is 92.2 Å². The number of aryl methyl sites for hydroxylation is 4. The van der Waals surface area contributed by atoms with Gasteiger partial charge >= 0.3 is 0 Å². The van der Waals surface area contributed by atoms with Gasteiger partial charge in [0.05, 0.1) is 162 Å². The molecular weight excluding hydrogens is 1360 g/mol. The third-order valence-electron chi connectivity index (χ3n) is 16.0. The number of hydrogen-bond acceptors (Lipinski definition) is 17. The minimum absolute atomic E-state index is 0.0394. The van der Waals surface area contributed by atoms with Crippen LogP contribution >= 0.6 is 46.1 Å². The van der Waals surface area contributed by atoms with Gasteiger partial charge in [0.15, 0.2) is 0 Å². The van der Waals surface area contributed by atoms with E-state index in [0.29, 0.717) is 65.6 Å². The standard InChI is InChI=1S/C21H12ClFN4.C21H14N4.C19H12ClN5.C19H11ClN4S/c1-12-11-26-20(15-8-13-5-3-7-25-19(13)17(22)9-15)21(27-12)16-6-2-4-14(10-24)18(16)23;1-14-13-24-20(18-7-8-19-16(11-18)6-3-9-23-19)21(25-14)17-5-2-4-15(10-17)12-22;1-11-9-22-18(14-6-15-10-23-25-17(15)16(20)7-14)19(24-11)13-4-2-3-12(5-13)8-21;1-11-9-22-17(14-6-15(20)19-16(7-14)25-10-23-19)18(24-11)13-4-2-3-12(5-13)8-21/h2-9,11H,1H3;2-11,13H,1H3;2-7,9-10H,1H3,(H,23,25);2-7,9-10H,1H3. The van der Waals surface area contributed by atoms with Crippen molar-refractivity contribution in [2.45, 2.75) is 27.7 Å². The van der Waals surface area contributed by atoms with Crippen molar-refractivity contribution in [3.63, 3.8) is 0 Å². The molecule has 0 spiro atoms. The molecule has 16 rings (SSSR count). The molecule has 0 aliphatic rings. The summed E-state index contributed by atoms with van der Waals surface area (Å²) < 4.78 is 15.8. The molecule has 0 unspecified atom stereocenters. The number of aromatic nitrogens is 13. The zero-order valence-corrected chi connectivity index (χ0v) is 57.4. The van der Waals surface area contributed by atoms with Gasteiger partial charge in [0.1, 0.15) is 11.9 Å². The average molecular weight is 1410 g/mol. The molecule has 16 aromatic rings. The summed E-state index contributed by atoms with van der Waals surface area (Å²) in [5, 5.41) is 48.0. The Labute approximate surface area is 602 Å². The summed E-state index contributed by atoms with van der Waals surface area (Å²) in [6.45, 7) is 7.48. The van der Waals surface area contributed by atoms with E-state index in [4.69, 9.17) is 45.3 Å². The van der Waals surface area contributed by atoms with Crippen LogP contribution in [0.2, 0.25) is 15.1 Å². The van der Waals surface area contributed by atoms with Crippen LogP contribution in [0.1, 0.15) is 45.0 Å². The highest BCUT2D eigenvalue weighted by Gasteiger charge is 2.21. The Kier molecular flexibility index (Phi) is 19.9. The average Bonchev–Trinajstić information content (AvgIpc) is 1.05. The number of benzene rings is 8. The van der Waals surface area contributed by atoms with E-state index >= 15 is 0 Å². The van der Waals surface area contributed by atoms with Gasteiger partial charge in [-0.25, -0.2) is 29.3 Å². The Morgan fingerprint density at radius 2 is 0.843 bits per heavy atom. The monoisotopic (exact) mass is 1400 g/mol. The molecule has 0 amide bonds. The molecule has 0 aliphatic carbocycles. The van der Waals surface area contributed by atoms with Gasteiger partial charge in [0, 0.05) is 97.8 Å². The number of hydrogen-bond donors (Lipinski definition) is 1. The first kappa shape index (κ1) is 67.6. The van der Waals surface area contributed by atoms with Crippen LogP contribution < -0.4 is 0 Å². The molecule has 0 fully saturated rings. The van der Waals surface area contributed by atoms with Crippen LogP contribution in [0.25, 0.3) is 133 Å². The minimum atomic E-state index is -0.616. The topological polar surface area (TPSA) is 266 Å². The first-order valence-corrected chi connectivity index (χ1v) is 33.3. The van der Waals surface area contributed by atoms with Gasteiger partial charge in [-0.05, 0) is 137 Å². The Bertz CT molecular complexity index is 5950. The Balaban J connectivity index is 0.000000121. The van der Waals surface area contributed by atoms with Crippen LogP contribution in [0.3, 0.4) is 0 Å². The van der Waals surface area contributed by atoms with Gasteiger partial charge in [-0.1, -0.05) is 95.5 Å². The fourth-order valence-electron chi connectivity index (χ4n) is 11.3. The predicted octanol–water partition coefficient (Wildman–Crippen LogP) is 19.6. The van der Waals surface area contributed by atoms with Gasteiger partial charge in [-0.3, -0.25) is 35.0 Å². The fraction of sp³-hybridized carbons (Fsp3) is 0.0500. The van der Waals surface area contributed by atoms with Crippen LogP contribution in [-0.4, -0.2) is 65.0 Å². The molecule has 0 saturated carbocycles. The van der Waals surface area contributed by atoms with Crippen LogP contribution in [0.4, 0.5) is 4.39 Å². The van der Waals surface area contributed by atoms with Crippen LogP contribution in [0.15, 0.2) is 219 Å².